The van der Waals surface area contributed by atoms with E-state index in [0.29, 0.717) is 5.56 Å². The van der Waals surface area contributed by atoms with E-state index in [9.17, 15) is 14.4 Å². The molecule has 2 heterocycles. The van der Waals surface area contributed by atoms with E-state index < -0.39 is 17.5 Å². The van der Waals surface area contributed by atoms with Gasteiger partial charge in [0.2, 0.25) is 0 Å². The van der Waals surface area contributed by atoms with Crippen LogP contribution >= 0.6 is 0 Å². The Labute approximate surface area is 115 Å². The van der Waals surface area contributed by atoms with Crippen molar-refractivity contribution in [2.45, 2.75) is 25.3 Å². The molecule has 1 aliphatic rings. The van der Waals surface area contributed by atoms with Crippen molar-refractivity contribution >= 4 is 17.9 Å². The highest BCUT2D eigenvalue weighted by atomic mass is 16.4. The van der Waals surface area contributed by atoms with Crippen molar-refractivity contribution in [2.75, 3.05) is 6.54 Å². The third-order valence-corrected chi connectivity index (χ3v) is 3.29. The average molecular weight is 277 g/mol. The Bertz CT molecular complexity index is 546. The molecular weight excluding hydrogens is 262 g/mol. The van der Waals surface area contributed by atoms with Crippen LogP contribution in [0, 0.1) is 0 Å². The smallest absolute Gasteiger partial charge is 0.325 e. The van der Waals surface area contributed by atoms with E-state index in [1.54, 1.807) is 25.3 Å². The van der Waals surface area contributed by atoms with Gasteiger partial charge in [0.1, 0.15) is 5.54 Å². The van der Waals surface area contributed by atoms with Crippen LogP contribution in [-0.4, -0.2) is 39.4 Å². The summed E-state index contributed by atoms with van der Waals surface area (Å²) < 4.78 is 0. The molecule has 1 aromatic heterocycles. The van der Waals surface area contributed by atoms with E-state index in [1.807, 2.05) is 0 Å². The molecule has 7 heteroatoms. The molecule has 0 aromatic carbocycles. The van der Waals surface area contributed by atoms with Gasteiger partial charge in [-0.3, -0.25) is 19.5 Å². The van der Waals surface area contributed by atoms with Gasteiger partial charge < -0.3 is 10.4 Å². The van der Waals surface area contributed by atoms with Crippen molar-refractivity contribution in [3.05, 3.63) is 30.1 Å². The van der Waals surface area contributed by atoms with Gasteiger partial charge in [-0.1, -0.05) is 6.07 Å². The normalized spacial score (nSPS) is 21.9. The summed E-state index contributed by atoms with van der Waals surface area (Å²) in [6, 6.07) is 2.89. The zero-order valence-electron chi connectivity index (χ0n) is 11.0. The summed E-state index contributed by atoms with van der Waals surface area (Å²) in [5.74, 6) is -1.34. The molecule has 106 valence electrons. The Morgan fingerprint density at radius 1 is 1.50 bits per heavy atom. The van der Waals surface area contributed by atoms with Crippen LogP contribution in [0.3, 0.4) is 0 Å². The van der Waals surface area contributed by atoms with Crippen molar-refractivity contribution in [1.29, 1.82) is 0 Å². The summed E-state index contributed by atoms with van der Waals surface area (Å²) in [5, 5.41) is 11.2. The molecule has 1 saturated heterocycles. The predicted octanol–water partition coefficient (Wildman–Crippen LogP) is 0.713. The SMILES string of the molecule is CC1(c2cccnc2)NC(=O)N(CCCC(=O)O)C1=O. The summed E-state index contributed by atoms with van der Waals surface area (Å²) >= 11 is 0. The molecule has 0 radical (unpaired) electrons. The van der Waals surface area contributed by atoms with Gasteiger partial charge in [0, 0.05) is 30.9 Å². The number of pyridine rings is 1. The molecule has 1 fully saturated rings. The molecule has 0 bridgehead atoms. The lowest BCUT2D eigenvalue weighted by Crippen LogP contribution is -2.41. The monoisotopic (exact) mass is 277 g/mol. The summed E-state index contributed by atoms with van der Waals surface area (Å²) in [6.45, 7) is 1.70. The van der Waals surface area contributed by atoms with Crippen LogP contribution in [0.4, 0.5) is 4.79 Å². The van der Waals surface area contributed by atoms with E-state index in [1.165, 1.54) is 6.20 Å². The minimum Gasteiger partial charge on any atom is -0.481 e. The first-order valence-electron chi connectivity index (χ1n) is 6.21. The summed E-state index contributed by atoms with van der Waals surface area (Å²) in [4.78, 5) is 39.7. The molecule has 0 aliphatic carbocycles. The molecule has 1 atom stereocenters. The van der Waals surface area contributed by atoms with Crippen molar-refractivity contribution in [3.63, 3.8) is 0 Å². The molecule has 0 saturated carbocycles. The molecular formula is C13H15N3O4. The first-order valence-corrected chi connectivity index (χ1v) is 6.21. The van der Waals surface area contributed by atoms with Gasteiger partial charge in [-0.2, -0.15) is 0 Å². The van der Waals surface area contributed by atoms with Crippen molar-refractivity contribution in [1.82, 2.24) is 15.2 Å². The highest BCUT2D eigenvalue weighted by Gasteiger charge is 2.48. The average Bonchev–Trinajstić information content (AvgIpc) is 2.64. The number of rotatable bonds is 5. The number of nitrogens with one attached hydrogen (secondary N) is 1. The predicted molar refractivity (Wildman–Crippen MR) is 68.7 cm³/mol. The number of carbonyl (C=O) groups excluding carboxylic acids is 2. The van der Waals surface area contributed by atoms with E-state index >= 15 is 0 Å². The Kier molecular flexibility index (Phi) is 3.69. The maximum atomic E-state index is 12.4. The van der Waals surface area contributed by atoms with Crippen LogP contribution in [-0.2, 0) is 15.1 Å². The number of nitrogens with zero attached hydrogens (tertiary/aromatic N) is 2. The van der Waals surface area contributed by atoms with Crippen LogP contribution in [0.15, 0.2) is 24.5 Å². The topological polar surface area (TPSA) is 99.6 Å². The molecule has 0 spiro atoms. The Morgan fingerprint density at radius 2 is 2.25 bits per heavy atom. The van der Waals surface area contributed by atoms with Crippen LogP contribution in [0.25, 0.3) is 0 Å². The quantitative estimate of drug-likeness (QED) is 0.772. The summed E-state index contributed by atoms with van der Waals surface area (Å²) in [6.07, 6.45) is 3.26. The molecule has 1 aliphatic heterocycles. The second kappa shape index (κ2) is 5.28. The second-order valence-electron chi connectivity index (χ2n) is 4.75. The van der Waals surface area contributed by atoms with Crippen LogP contribution in [0.2, 0.25) is 0 Å². The second-order valence-corrected chi connectivity index (χ2v) is 4.75. The number of carboxylic acid groups (broad SMARTS) is 1. The van der Waals surface area contributed by atoms with Crippen molar-refractivity contribution in [3.8, 4) is 0 Å². The molecule has 1 aromatic rings. The van der Waals surface area contributed by atoms with E-state index in [-0.39, 0.29) is 25.3 Å². The van der Waals surface area contributed by atoms with Crippen molar-refractivity contribution < 1.29 is 19.5 Å². The number of hydrogen-bond acceptors (Lipinski definition) is 4. The fraction of sp³-hybridized carbons (Fsp3) is 0.385. The van der Waals surface area contributed by atoms with Gasteiger partial charge in [-0.05, 0) is 19.4 Å². The lowest BCUT2D eigenvalue weighted by molar-refractivity contribution is -0.138. The first kappa shape index (κ1) is 14.0. The number of hydrogen-bond donors (Lipinski definition) is 2. The third-order valence-electron chi connectivity index (χ3n) is 3.29. The third kappa shape index (κ3) is 2.47. The first-order chi connectivity index (χ1) is 9.45. The number of amides is 3. The highest BCUT2D eigenvalue weighted by molar-refractivity contribution is 6.07. The van der Waals surface area contributed by atoms with Gasteiger partial charge in [-0.25, -0.2) is 4.79 Å². The minimum absolute atomic E-state index is 0.0827. The van der Waals surface area contributed by atoms with Crippen molar-refractivity contribution in [2.24, 2.45) is 0 Å². The van der Waals surface area contributed by atoms with Crippen LogP contribution < -0.4 is 5.32 Å². The molecule has 2 N–H and O–H groups in total. The van der Waals surface area contributed by atoms with Gasteiger partial charge in [0.15, 0.2) is 0 Å². The zero-order valence-corrected chi connectivity index (χ0v) is 11.0. The number of aliphatic carboxylic acids is 1. The number of carboxylic acids is 1. The number of urea groups is 1. The molecule has 2 rings (SSSR count). The van der Waals surface area contributed by atoms with Crippen LogP contribution in [0.5, 0.6) is 0 Å². The Morgan fingerprint density at radius 3 is 2.85 bits per heavy atom. The lowest BCUT2D eigenvalue weighted by Gasteiger charge is -2.21. The number of imide groups is 1. The fourth-order valence-corrected chi connectivity index (χ4v) is 2.14. The molecule has 20 heavy (non-hydrogen) atoms. The van der Waals surface area contributed by atoms with Gasteiger partial charge in [0.25, 0.3) is 5.91 Å². The maximum absolute atomic E-state index is 12.4. The highest BCUT2D eigenvalue weighted by Crippen LogP contribution is 2.28. The molecule has 1 unspecified atom stereocenters. The largest absolute Gasteiger partial charge is 0.481 e. The Balaban J connectivity index is 2.14. The summed E-state index contributed by atoms with van der Waals surface area (Å²) in [7, 11) is 0. The maximum Gasteiger partial charge on any atom is 0.325 e. The van der Waals surface area contributed by atoms with Gasteiger partial charge >= 0.3 is 12.0 Å². The standard InChI is InChI=1S/C13H15N3O4/c1-13(9-4-2-6-14-8-9)11(19)16(12(20)15-13)7-3-5-10(17)18/h2,4,6,8H,3,5,7H2,1H3,(H,15,20)(H,17,18). The number of carbonyl (C=O) groups is 3. The molecule has 7 nitrogen and oxygen atoms in total. The molecule has 3 amide bonds. The summed E-state index contributed by atoms with van der Waals surface area (Å²) in [5.41, 5.74) is -0.548. The zero-order chi connectivity index (χ0) is 14.8. The minimum atomic E-state index is -1.14. The fourth-order valence-electron chi connectivity index (χ4n) is 2.14. The van der Waals surface area contributed by atoms with E-state index in [2.05, 4.69) is 10.3 Å². The van der Waals surface area contributed by atoms with Gasteiger partial charge in [-0.15, -0.1) is 0 Å². The van der Waals surface area contributed by atoms with Crippen LogP contribution in [0.1, 0.15) is 25.3 Å². The van der Waals surface area contributed by atoms with Gasteiger partial charge in [0.05, 0.1) is 0 Å². The van der Waals surface area contributed by atoms with E-state index in [4.69, 9.17) is 5.11 Å². The number of aromatic nitrogens is 1. The Hall–Kier alpha value is -2.44. The van der Waals surface area contributed by atoms with E-state index in [0.717, 1.165) is 4.90 Å². The lowest BCUT2D eigenvalue weighted by atomic mass is 9.93.